The van der Waals surface area contributed by atoms with Gasteiger partial charge in [0.05, 0.1) is 0 Å². The summed E-state index contributed by atoms with van der Waals surface area (Å²) in [5.74, 6) is 1.04. The van der Waals surface area contributed by atoms with Crippen molar-refractivity contribution in [1.29, 1.82) is 0 Å². The number of phenols is 1. The van der Waals surface area contributed by atoms with Gasteiger partial charge in [0.2, 0.25) is 0 Å². The van der Waals surface area contributed by atoms with Crippen molar-refractivity contribution in [3.8, 4) is 5.75 Å². The standard InChI is InChI=1S/C18H27NO2S/c1-12(2)15-10-14(11-16(13(3)4)17(15)21)18-19(6-5-8-20)7-9-22-18/h7,9-13,18,20-21H,5-6,8H2,1-4H3. The molecule has 3 nitrogen and oxygen atoms in total. The van der Waals surface area contributed by atoms with E-state index < -0.39 is 0 Å². The minimum atomic E-state index is 0.214. The molecule has 1 aromatic rings. The van der Waals surface area contributed by atoms with Crippen LogP contribution in [0.15, 0.2) is 23.7 Å². The highest BCUT2D eigenvalue weighted by Gasteiger charge is 2.25. The second kappa shape index (κ2) is 7.42. The minimum absolute atomic E-state index is 0.214. The summed E-state index contributed by atoms with van der Waals surface area (Å²) in [6, 6.07) is 4.28. The summed E-state index contributed by atoms with van der Waals surface area (Å²) < 4.78 is 0. The van der Waals surface area contributed by atoms with Crippen molar-refractivity contribution in [2.24, 2.45) is 0 Å². The second-order valence-corrected chi connectivity index (χ2v) is 7.44. The monoisotopic (exact) mass is 321 g/mol. The van der Waals surface area contributed by atoms with Gasteiger partial charge in [-0.25, -0.2) is 0 Å². The minimum Gasteiger partial charge on any atom is -0.507 e. The Hall–Kier alpha value is -1.13. The van der Waals surface area contributed by atoms with Crippen molar-refractivity contribution in [3.05, 3.63) is 40.4 Å². The summed E-state index contributed by atoms with van der Waals surface area (Å²) in [6.45, 7) is 9.53. The summed E-state index contributed by atoms with van der Waals surface area (Å²) in [6.07, 6.45) is 2.87. The van der Waals surface area contributed by atoms with Gasteiger partial charge in [0.25, 0.3) is 0 Å². The van der Waals surface area contributed by atoms with E-state index in [9.17, 15) is 5.11 Å². The first-order valence-electron chi connectivity index (χ1n) is 8.01. The maximum atomic E-state index is 10.5. The predicted molar refractivity (Wildman–Crippen MR) is 94.2 cm³/mol. The van der Waals surface area contributed by atoms with Crippen molar-refractivity contribution < 1.29 is 10.2 Å². The van der Waals surface area contributed by atoms with Crippen molar-refractivity contribution in [1.82, 2.24) is 4.90 Å². The molecule has 0 radical (unpaired) electrons. The number of nitrogens with zero attached hydrogens (tertiary/aromatic N) is 1. The fourth-order valence-electron chi connectivity index (χ4n) is 2.79. The van der Waals surface area contributed by atoms with Crippen molar-refractivity contribution in [3.63, 3.8) is 0 Å². The van der Waals surface area contributed by atoms with E-state index in [1.54, 1.807) is 11.8 Å². The van der Waals surface area contributed by atoms with Crippen LogP contribution in [0.25, 0.3) is 0 Å². The van der Waals surface area contributed by atoms with Crippen LogP contribution in [-0.4, -0.2) is 28.3 Å². The SMILES string of the molecule is CC(C)c1cc(C2SC=CN2CCCO)cc(C(C)C)c1O. The van der Waals surface area contributed by atoms with Gasteiger partial charge in [-0.05, 0) is 52.5 Å². The molecule has 0 aliphatic carbocycles. The highest BCUT2D eigenvalue weighted by molar-refractivity contribution is 8.02. The Bertz CT molecular complexity index is 511. The second-order valence-electron chi connectivity index (χ2n) is 6.45. The molecule has 1 heterocycles. The molecule has 0 saturated carbocycles. The van der Waals surface area contributed by atoms with Crippen LogP contribution in [0, 0.1) is 0 Å². The number of phenolic OH excluding ortho intramolecular Hbond substituents is 1. The number of benzene rings is 1. The van der Waals surface area contributed by atoms with Gasteiger partial charge in [-0.15, -0.1) is 11.8 Å². The Morgan fingerprint density at radius 1 is 1.14 bits per heavy atom. The van der Waals surface area contributed by atoms with E-state index in [4.69, 9.17) is 5.11 Å². The molecule has 0 spiro atoms. The molecule has 2 N–H and O–H groups in total. The first-order valence-corrected chi connectivity index (χ1v) is 8.95. The maximum Gasteiger partial charge on any atom is 0.122 e. The van der Waals surface area contributed by atoms with Crippen LogP contribution in [0.5, 0.6) is 5.75 Å². The Morgan fingerprint density at radius 3 is 2.23 bits per heavy atom. The molecule has 0 amide bonds. The fourth-order valence-corrected chi connectivity index (χ4v) is 3.79. The third kappa shape index (κ3) is 3.61. The molecule has 122 valence electrons. The molecule has 1 unspecified atom stereocenters. The zero-order valence-electron chi connectivity index (χ0n) is 13.9. The maximum absolute atomic E-state index is 10.5. The van der Waals surface area contributed by atoms with Gasteiger partial charge in [0, 0.05) is 19.4 Å². The Kier molecular flexibility index (Phi) is 5.81. The number of rotatable bonds is 6. The molecule has 22 heavy (non-hydrogen) atoms. The average Bonchev–Trinajstić information content (AvgIpc) is 2.93. The Balaban J connectivity index is 2.38. The van der Waals surface area contributed by atoms with Gasteiger partial charge in [-0.3, -0.25) is 0 Å². The molecule has 0 aromatic heterocycles. The number of thioether (sulfide) groups is 1. The molecule has 4 heteroatoms. The summed E-state index contributed by atoms with van der Waals surface area (Å²) in [7, 11) is 0. The first-order chi connectivity index (χ1) is 10.5. The van der Waals surface area contributed by atoms with Crippen LogP contribution in [0.1, 0.15) is 68.0 Å². The summed E-state index contributed by atoms with van der Waals surface area (Å²) in [5.41, 5.74) is 3.28. The quantitative estimate of drug-likeness (QED) is 0.807. The number of hydrogen-bond donors (Lipinski definition) is 2. The van der Waals surface area contributed by atoms with Crippen LogP contribution in [0.3, 0.4) is 0 Å². The van der Waals surface area contributed by atoms with Crippen molar-refractivity contribution >= 4 is 11.8 Å². The van der Waals surface area contributed by atoms with Crippen LogP contribution >= 0.6 is 11.8 Å². The van der Waals surface area contributed by atoms with Gasteiger partial charge < -0.3 is 15.1 Å². The van der Waals surface area contributed by atoms with E-state index >= 15 is 0 Å². The zero-order valence-corrected chi connectivity index (χ0v) is 14.7. The number of aliphatic hydroxyl groups is 1. The lowest BCUT2D eigenvalue weighted by Crippen LogP contribution is -2.20. The van der Waals surface area contributed by atoms with Crippen LogP contribution < -0.4 is 0 Å². The summed E-state index contributed by atoms with van der Waals surface area (Å²) in [4.78, 5) is 2.27. The molecule has 1 aliphatic heterocycles. The van der Waals surface area contributed by atoms with E-state index in [1.165, 1.54) is 5.56 Å². The van der Waals surface area contributed by atoms with Gasteiger partial charge in [-0.2, -0.15) is 0 Å². The lowest BCUT2D eigenvalue weighted by atomic mass is 9.91. The third-order valence-corrected chi connectivity index (χ3v) is 5.14. The van der Waals surface area contributed by atoms with Gasteiger partial charge in [0.15, 0.2) is 0 Å². The smallest absolute Gasteiger partial charge is 0.122 e. The van der Waals surface area contributed by atoms with Crippen LogP contribution in [0.2, 0.25) is 0 Å². The average molecular weight is 321 g/mol. The molecule has 0 fully saturated rings. The largest absolute Gasteiger partial charge is 0.507 e. The van der Waals surface area contributed by atoms with Gasteiger partial charge in [-0.1, -0.05) is 27.7 Å². The number of hydrogen-bond acceptors (Lipinski definition) is 4. The van der Waals surface area contributed by atoms with E-state index in [-0.39, 0.29) is 12.0 Å². The summed E-state index contributed by atoms with van der Waals surface area (Å²) >= 11 is 1.78. The molecule has 2 rings (SSSR count). The molecule has 1 aromatic carbocycles. The molecule has 1 atom stereocenters. The fraction of sp³-hybridized carbons (Fsp3) is 0.556. The molecule has 1 aliphatic rings. The van der Waals surface area contributed by atoms with E-state index in [0.29, 0.717) is 17.6 Å². The lowest BCUT2D eigenvalue weighted by Gasteiger charge is -2.27. The topological polar surface area (TPSA) is 43.7 Å². The Labute approximate surface area is 138 Å². The van der Waals surface area contributed by atoms with Crippen molar-refractivity contribution in [2.75, 3.05) is 13.2 Å². The van der Waals surface area contributed by atoms with Crippen molar-refractivity contribution in [2.45, 2.75) is 51.3 Å². The van der Waals surface area contributed by atoms with E-state index in [0.717, 1.165) is 24.1 Å². The van der Waals surface area contributed by atoms with E-state index in [2.05, 4.69) is 56.3 Å². The highest BCUT2D eigenvalue weighted by atomic mass is 32.2. The number of aromatic hydroxyl groups is 1. The van der Waals surface area contributed by atoms with E-state index in [1.807, 2.05) is 0 Å². The summed E-state index contributed by atoms with van der Waals surface area (Å²) in [5, 5.41) is 21.9. The highest BCUT2D eigenvalue weighted by Crippen LogP contribution is 2.43. The molecular formula is C18H27NO2S. The predicted octanol–water partition coefficient (Wildman–Crippen LogP) is 4.54. The molecular weight excluding hydrogens is 294 g/mol. The zero-order chi connectivity index (χ0) is 16.3. The Morgan fingerprint density at radius 2 is 1.73 bits per heavy atom. The molecule has 0 bridgehead atoms. The van der Waals surface area contributed by atoms with Gasteiger partial charge in [0.1, 0.15) is 11.1 Å². The van der Waals surface area contributed by atoms with Gasteiger partial charge >= 0.3 is 0 Å². The first kappa shape index (κ1) is 17.2. The molecule has 0 saturated heterocycles. The normalized spacial score (nSPS) is 18.0. The third-order valence-electron chi connectivity index (χ3n) is 4.06. The van der Waals surface area contributed by atoms with Crippen LogP contribution in [0.4, 0.5) is 0 Å². The lowest BCUT2D eigenvalue weighted by molar-refractivity contribution is 0.256. The number of aliphatic hydroxyl groups excluding tert-OH is 1. The van der Waals surface area contributed by atoms with Crippen LogP contribution in [-0.2, 0) is 0 Å².